The molecule has 2 N–H and O–H groups in total. The molecule has 0 spiro atoms. The molecular weight excluding hydrogens is 292 g/mol. The molecule has 2 aliphatic heterocycles. The molecule has 124 valence electrons. The first-order valence-electron chi connectivity index (χ1n) is 8.48. The number of carboxylic acids is 1. The van der Waals surface area contributed by atoms with Gasteiger partial charge in [0.25, 0.3) is 0 Å². The topological polar surface area (TPSA) is 69.6 Å². The molecule has 0 aliphatic carbocycles. The number of Topliss-reactive ketones (excluding diaryl/α,β-unsaturated/α-hetero) is 1. The summed E-state index contributed by atoms with van der Waals surface area (Å²) < 4.78 is 0. The Kier molecular flexibility index (Phi) is 4.96. The number of carboxylic acid groups (broad SMARTS) is 1. The third-order valence-corrected chi connectivity index (χ3v) is 4.88. The van der Waals surface area contributed by atoms with Gasteiger partial charge in [0.15, 0.2) is 5.78 Å². The van der Waals surface area contributed by atoms with E-state index in [0.717, 1.165) is 50.0 Å². The van der Waals surface area contributed by atoms with Crippen molar-refractivity contribution in [3.8, 4) is 0 Å². The van der Waals surface area contributed by atoms with Crippen molar-refractivity contribution in [2.24, 2.45) is 5.92 Å². The first kappa shape index (κ1) is 16.0. The third-order valence-electron chi connectivity index (χ3n) is 4.88. The van der Waals surface area contributed by atoms with Crippen LogP contribution in [0, 0.1) is 5.92 Å². The van der Waals surface area contributed by atoms with Crippen LogP contribution in [0.2, 0.25) is 0 Å². The highest BCUT2D eigenvalue weighted by Gasteiger charge is 2.25. The highest BCUT2D eigenvalue weighted by atomic mass is 16.4. The van der Waals surface area contributed by atoms with Gasteiger partial charge in [-0.25, -0.2) is 0 Å². The summed E-state index contributed by atoms with van der Waals surface area (Å²) in [6, 6.07) is 5.92. The molecule has 2 heterocycles. The van der Waals surface area contributed by atoms with E-state index >= 15 is 0 Å². The molecule has 1 aromatic carbocycles. The Morgan fingerprint density at radius 1 is 1.30 bits per heavy atom. The molecule has 5 heteroatoms. The van der Waals surface area contributed by atoms with E-state index in [1.165, 1.54) is 5.56 Å². The van der Waals surface area contributed by atoms with Gasteiger partial charge in [0.1, 0.15) is 0 Å². The smallest absolute Gasteiger partial charge is 0.307 e. The third kappa shape index (κ3) is 3.91. The van der Waals surface area contributed by atoms with Crippen molar-refractivity contribution in [3.05, 3.63) is 29.3 Å². The van der Waals surface area contributed by atoms with E-state index in [1.54, 1.807) is 0 Å². The van der Waals surface area contributed by atoms with Crippen LogP contribution >= 0.6 is 0 Å². The summed E-state index contributed by atoms with van der Waals surface area (Å²) in [5.74, 6) is -0.854. The van der Waals surface area contributed by atoms with Crippen molar-refractivity contribution in [3.63, 3.8) is 0 Å². The molecule has 0 radical (unpaired) electrons. The normalized spacial score (nSPS) is 21.3. The number of anilines is 1. The zero-order valence-corrected chi connectivity index (χ0v) is 13.4. The van der Waals surface area contributed by atoms with Crippen LogP contribution in [0.15, 0.2) is 18.2 Å². The number of hydrogen-bond donors (Lipinski definition) is 2. The average molecular weight is 316 g/mol. The molecule has 5 nitrogen and oxygen atoms in total. The van der Waals surface area contributed by atoms with Gasteiger partial charge in [-0.15, -0.1) is 0 Å². The van der Waals surface area contributed by atoms with Crippen LogP contribution in [0.3, 0.4) is 0 Å². The van der Waals surface area contributed by atoms with Crippen molar-refractivity contribution in [1.82, 2.24) is 4.90 Å². The number of aliphatic carboxylic acids is 1. The quantitative estimate of drug-likeness (QED) is 0.817. The van der Waals surface area contributed by atoms with Gasteiger partial charge in [-0.05, 0) is 56.0 Å². The number of fused-ring (bicyclic) bond motifs is 1. The van der Waals surface area contributed by atoms with Crippen molar-refractivity contribution in [2.45, 2.75) is 32.1 Å². The van der Waals surface area contributed by atoms with Gasteiger partial charge in [0.05, 0.1) is 5.92 Å². The van der Waals surface area contributed by atoms with Gasteiger partial charge in [-0.2, -0.15) is 0 Å². The number of rotatable bonds is 5. The van der Waals surface area contributed by atoms with Gasteiger partial charge in [-0.3, -0.25) is 9.59 Å². The summed E-state index contributed by atoms with van der Waals surface area (Å²) in [5, 5.41) is 12.5. The van der Waals surface area contributed by atoms with Gasteiger partial charge in [0.2, 0.25) is 0 Å². The number of carbonyl (C=O) groups is 2. The molecule has 2 aliphatic rings. The van der Waals surface area contributed by atoms with E-state index < -0.39 is 5.97 Å². The number of ketones is 1. The number of nitrogens with zero attached hydrogens (tertiary/aromatic N) is 1. The van der Waals surface area contributed by atoms with Gasteiger partial charge >= 0.3 is 5.97 Å². The lowest BCUT2D eigenvalue weighted by Crippen LogP contribution is -2.39. The summed E-state index contributed by atoms with van der Waals surface area (Å²) in [6.07, 6.45) is 4.23. The van der Waals surface area contributed by atoms with Crippen LogP contribution in [0.1, 0.15) is 41.6 Å². The molecule has 0 amide bonds. The summed E-state index contributed by atoms with van der Waals surface area (Å²) in [6.45, 7) is 3.11. The van der Waals surface area contributed by atoms with Crippen molar-refractivity contribution < 1.29 is 14.7 Å². The Hall–Kier alpha value is -1.88. The first-order chi connectivity index (χ1) is 11.1. The predicted octanol–water partition coefficient (Wildman–Crippen LogP) is 2.41. The molecule has 23 heavy (non-hydrogen) atoms. The van der Waals surface area contributed by atoms with E-state index in [9.17, 15) is 9.59 Å². The lowest BCUT2D eigenvalue weighted by molar-refractivity contribution is -0.143. The monoisotopic (exact) mass is 316 g/mol. The van der Waals surface area contributed by atoms with Gasteiger partial charge in [-0.1, -0.05) is 0 Å². The van der Waals surface area contributed by atoms with Gasteiger partial charge < -0.3 is 15.3 Å². The second-order valence-electron chi connectivity index (χ2n) is 6.55. The molecule has 1 saturated heterocycles. The van der Waals surface area contributed by atoms with Crippen LogP contribution in [0.25, 0.3) is 0 Å². The molecule has 3 rings (SSSR count). The fourth-order valence-corrected chi connectivity index (χ4v) is 3.51. The number of aryl methyl sites for hydroxylation is 1. The van der Waals surface area contributed by atoms with E-state index in [2.05, 4.69) is 10.2 Å². The Morgan fingerprint density at radius 3 is 3.00 bits per heavy atom. The van der Waals surface area contributed by atoms with E-state index in [4.69, 9.17) is 5.11 Å². The molecule has 1 unspecified atom stereocenters. The highest BCUT2D eigenvalue weighted by Crippen LogP contribution is 2.24. The number of piperidine rings is 1. The summed E-state index contributed by atoms with van der Waals surface area (Å²) in [5.41, 5.74) is 3.15. The zero-order valence-electron chi connectivity index (χ0n) is 13.4. The molecule has 1 atom stereocenters. The minimum absolute atomic E-state index is 0.149. The molecule has 0 aromatic heterocycles. The van der Waals surface area contributed by atoms with Crippen LogP contribution in [0.5, 0.6) is 0 Å². The number of carbonyl (C=O) groups excluding carboxylic acids is 1. The standard InChI is InChI=1S/C18H24N2O3/c21-17(7-10-20-9-2-4-15(12-20)18(22)23)14-5-6-16-13(11-14)3-1-8-19-16/h5-6,11,15,19H,1-4,7-10,12H2,(H,22,23). The average Bonchev–Trinajstić information content (AvgIpc) is 2.59. The maximum Gasteiger partial charge on any atom is 0.307 e. The van der Waals surface area contributed by atoms with Crippen molar-refractivity contribution in [2.75, 3.05) is 31.5 Å². The first-order valence-corrected chi connectivity index (χ1v) is 8.48. The minimum Gasteiger partial charge on any atom is -0.481 e. The summed E-state index contributed by atoms with van der Waals surface area (Å²) >= 11 is 0. The Morgan fingerprint density at radius 2 is 2.17 bits per heavy atom. The minimum atomic E-state index is -0.719. The summed E-state index contributed by atoms with van der Waals surface area (Å²) in [4.78, 5) is 25.6. The van der Waals surface area contributed by atoms with E-state index in [-0.39, 0.29) is 11.7 Å². The second kappa shape index (κ2) is 7.13. The van der Waals surface area contributed by atoms with E-state index in [0.29, 0.717) is 19.5 Å². The van der Waals surface area contributed by atoms with Crippen LogP contribution in [-0.4, -0.2) is 47.9 Å². The maximum absolute atomic E-state index is 12.4. The van der Waals surface area contributed by atoms with Crippen LogP contribution < -0.4 is 5.32 Å². The fraction of sp³-hybridized carbons (Fsp3) is 0.556. The molecule has 0 saturated carbocycles. The van der Waals surface area contributed by atoms with Gasteiger partial charge in [0, 0.05) is 37.3 Å². The highest BCUT2D eigenvalue weighted by molar-refractivity contribution is 5.96. The molecular formula is C18H24N2O3. The Balaban J connectivity index is 1.56. The molecule has 1 fully saturated rings. The summed E-state index contributed by atoms with van der Waals surface area (Å²) in [7, 11) is 0. The lowest BCUT2D eigenvalue weighted by atomic mass is 9.96. The Bertz CT molecular complexity index is 600. The van der Waals surface area contributed by atoms with Crippen LogP contribution in [0.4, 0.5) is 5.69 Å². The predicted molar refractivity (Wildman–Crippen MR) is 89.0 cm³/mol. The molecule has 1 aromatic rings. The second-order valence-corrected chi connectivity index (χ2v) is 6.55. The van der Waals surface area contributed by atoms with E-state index in [1.807, 2.05) is 18.2 Å². The lowest BCUT2D eigenvalue weighted by Gasteiger charge is -2.30. The SMILES string of the molecule is O=C(CCN1CCCC(C(=O)O)C1)c1ccc2c(c1)CCCN2. The number of benzene rings is 1. The Labute approximate surface area is 136 Å². The largest absolute Gasteiger partial charge is 0.481 e. The number of likely N-dealkylation sites (tertiary alicyclic amines) is 1. The number of hydrogen-bond acceptors (Lipinski definition) is 4. The number of nitrogens with one attached hydrogen (secondary N) is 1. The fourth-order valence-electron chi connectivity index (χ4n) is 3.51. The van der Waals surface area contributed by atoms with Crippen molar-refractivity contribution >= 4 is 17.4 Å². The molecule has 0 bridgehead atoms. The van der Waals surface area contributed by atoms with Crippen molar-refractivity contribution in [1.29, 1.82) is 0 Å². The zero-order chi connectivity index (χ0) is 16.2. The maximum atomic E-state index is 12.4. The van der Waals surface area contributed by atoms with Crippen LogP contribution in [-0.2, 0) is 11.2 Å².